The molecule has 1 fully saturated rings. The van der Waals surface area contributed by atoms with Crippen molar-refractivity contribution in [2.75, 3.05) is 16.8 Å². The predicted octanol–water partition coefficient (Wildman–Crippen LogP) is 3.65. The average molecular weight is 333 g/mol. The molecule has 1 amide bonds. The molecule has 1 aromatic rings. The standard InChI is InChI=1S/C14H20N2OS2.ClH/c1-10(15)5-6-13(17)16-12-4-2-3-11(9-12)14-18-7-8-19-14;/h2-4,9-10,14H,5-8,15H2,1H3,(H,16,17);1H. The van der Waals surface area contributed by atoms with Crippen molar-refractivity contribution in [2.24, 2.45) is 5.73 Å². The van der Waals surface area contributed by atoms with Crippen molar-refractivity contribution >= 4 is 47.5 Å². The third-order valence-corrected chi connectivity index (χ3v) is 6.00. The van der Waals surface area contributed by atoms with Crippen LogP contribution in [0.3, 0.4) is 0 Å². The molecule has 1 aliphatic rings. The Morgan fingerprint density at radius 2 is 2.15 bits per heavy atom. The Kier molecular flexibility index (Phi) is 7.80. The second kappa shape index (κ2) is 8.82. The number of hydrogen-bond acceptors (Lipinski definition) is 4. The lowest BCUT2D eigenvalue weighted by Crippen LogP contribution is -2.19. The summed E-state index contributed by atoms with van der Waals surface area (Å²) in [5, 5.41) is 2.95. The fourth-order valence-electron chi connectivity index (χ4n) is 1.90. The summed E-state index contributed by atoms with van der Waals surface area (Å²) >= 11 is 3.94. The lowest BCUT2D eigenvalue weighted by atomic mass is 10.2. The fraction of sp³-hybridized carbons (Fsp3) is 0.500. The smallest absolute Gasteiger partial charge is 0.224 e. The van der Waals surface area contributed by atoms with Crippen molar-refractivity contribution in [3.05, 3.63) is 29.8 Å². The van der Waals surface area contributed by atoms with Gasteiger partial charge in [-0.1, -0.05) is 12.1 Å². The summed E-state index contributed by atoms with van der Waals surface area (Å²) in [6, 6.07) is 8.24. The minimum Gasteiger partial charge on any atom is -0.328 e. The van der Waals surface area contributed by atoms with E-state index >= 15 is 0 Å². The number of amides is 1. The van der Waals surface area contributed by atoms with Crippen LogP contribution in [0.5, 0.6) is 0 Å². The van der Waals surface area contributed by atoms with Crippen LogP contribution in [0.15, 0.2) is 24.3 Å². The van der Waals surface area contributed by atoms with Gasteiger partial charge in [0.15, 0.2) is 0 Å². The van der Waals surface area contributed by atoms with Gasteiger partial charge in [-0.05, 0) is 31.0 Å². The van der Waals surface area contributed by atoms with Crippen LogP contribution in [0, 0.1) is 0 Å². The third-order valence-electron chi connectivity index (χ3n) is 2.89. The molecule has 3 N–H and O–H groups in total. The Morgan fingerprint density at radius 3 is 2.80 bits per heavy atom. The Morgan fingerprint density at radius 1 is 1.45 bits per heavy atom. The van der Waals surface area contributed by atoms with Gasteiger partial charge < -0.3 is 11.1 Å². The van der Waals surface area contributed by atoms with Gasteiger partial charge in [-0.15, -0.1) is 35.9 Å². The highest BCUT2D eigenvalue weighted by Crippen LogP contribution is 2.45. The molecular weight excluding hydrogens is 312 g/mol. The quantitative estimate of drug-likeness (QED) is 0.864. The third kappa shape index (κ3) is 5.56. The summed E-state index contributed by atoms with van der Waals surface area (Å²) < 4.78 is 0.515. The second-order valence-electron chi connectivity index (χ2n) is 4.76. The number of nitrogens with two attached hydrogens (primary N) is 1. The molecule has 6 heteroatoms. The SMILES string of the molecule is CC(N)CCC(=O)Nc1cccc(C2SCCS2)c1.Cl. The number of halogens is 1. The first kappa shape index (κ1) is 17.7. The highest BCUT2D eigenvalue weighted by molar-refractivity contribution is 8.19. The number of thioether (sulfide) groups is 2. The number of benzene rings is 1. The van der Waals surface area contributed by atoms with E-state index in [0.29, 0.717) is 11.0 Å². The van der Waals surface area contributed by atoms with Crippen molar-refractivity contribution in [3.8, 4) is 0 Å². The zero-order valence-electron chi connectivity index (χ0n) is 11.5. The molecular formula is C14H21ClN2OS2. The van der Waals surface area contributed by atoms with Crippen LogP contribution < -0.4 is 11.1 Å². The van der Waals surface area contributed by atoms with E-state index in [9.17, 15) is 4.79 Å². The lowest BCUT2D eigenvalue weighted by Gasteiger charge is -2.11. The molecule has 0 bridgehead atoms. The van der Waals surface area contributed by atoms with Crippen LogP contribution in [0.2, 0.25) is 0 Å². The Labute approximate surface area is 135 Å². The van der Waals surface area contributed by atoms with Gasteiger partial charge in [-0.25, -0.2) is 0 Å². The van der Waals surface area contributed by atoms with E-state index in [1.54, 1.807) is 0 Å². The number of carbonyl (C=O) groups is 1. The molecule has 0 spiro atoms. The highest BCUT2D eigenvalue weighted by Gasteiger charge is 2.18. The lowest BCUT2D eigenvalue weighted by molar-refractivity contribution is -0.116. The normalized spacial score (nSPS) is 16.5. The van der Waals surface area contributed by atoms with E-state index in [4.69, 9.17) is 5.73 Å². The van der Waals surface area contributed by atoms with Crippen molar-refractivity contribution < 1.29 is 4.79 Å². The molecule has 1 saturated heterocycles. The summed E-state index contributed by atoms with van der Waals surface area (Å²) in [5.74, 6) is 2.46. The van der Waals surface area contributed by atoms with E-state index in [2.05, 4.69) is 17.4 Å². The van der Waals surface area contributed by atoms with Crippen molar-refractivity contribution in [1.82, 2.24) is 0 Å². The van der Waals surface area contributed by atoms with Gasteiger partial charge >= 0.3 is 0 Å². The molecule has 0 saturated carbocycles. The molecule has 1 heterocycles. The maximum absolute atomic E-state index is 11.8. The van der Waals surface area contributed by atoms with E-state index in [1.165, 1.54) is 17.1 Å². The van der Waals surface area contributed by atoms with Crippen LogP contribution in [0.1, 0.15) is 29.9 Å². The molecule has 20 heavy (non-hydrogen) atoms. The van der Waals surface area contributed by atoms with Crippen molar-refractivity contribution in [1.29, 1.82) is 0 Å². The van der Waals surface area contributed by atoms with Gasteiger partial charge in [-0.2, -0.15) is 0 Å². The molecule has 0 aromatic heterocycles. The van der Waals surface area contributed by atoms with Crippen LogP contribution >= 0.6 is 35.9 Å². The van der Waals surface area contributed by atoms with Gasteiger partial charge in [0.05, 0.1) is 4.58 Å². The summed E-state index contributed by atoms with van der Waals surface area (Å²) in [4.78, 5) is 11.8. The fourth-order valence-corrected chi connectivity index (χ4v) is 4.73. The van der Waals surface area contributed by atoms with Gasteiger partial charge in [-0.3, -0.25) is 4.79 Å². The molecule has 1 aliphatic heterocycles. The Hall–Kier alpha value is -0.360. The van der Waals surface area contributed by atoms with Crippen molar-refractivity contribution in [2.45, 2.75) is 30.4 Å². The first-order valence-corrected chi connectivity index (χ1v) is 8.63. The predicted molar refractivity (Wildman–Crippen MR) is 92.9 cm³/mol. The summed E-state index contributed by atoms with van der Waals surface area (Å²) in [6.45, 7) is 1.92. The largest absolute Gasteiger partial charge is 0.328 e. The summed E-state index contributed by atoms with van der Waals surface area (Å²) in [7, 11) is 0. The summed E-state index contributed by atoms with van der Waals surface area (Å²) in [5.41, 5.74) is 7.83. The number of anilines is 1. The van der Waals surface area contributed by atoms with Crippen LogP contribution in [-0.4, -0.2) is 23.5 Å². The first-order valence-electron chi connectivity index (χ1n) is 6.54. The van der Waals surface area contributed by atoms with Crippen molar-refractivity contribution in [3.63, 3.8) is 0 Å². The Bertz CT molecular complexity index is 437. The number of carbonyl (C=O) groups excluding carboxylic acids is 1. The molecule has 1 aromatic carbocycles. The first-order chi connectivity index (χ1) is 9.15. The minimum absolute atomic E-state index is 0. The molecule has 1 atom stereocenters. The van der Waals surface area contributed by atoms with E-state index in [1.807, 2.05) is 42.6 Å². The monoisotopic (exact) mass is 332 g/mol. The zero-order valence-corrected chi connectivity index (χ0v) is 14.0. The van der Waals surface area contributed by atoms with Crippen LogP contribution in [0.25, 0.3) is 0 Å². The average Bonchev–Trinajstić information content (AvgIpc) is 2.90. The van der Waals surface area contributed by atoms with Crippen LogP contribution in [0.4, 0.5) is 5.69 Å². The second-order valence-corrected chi connectivity index (χ2v) is 7.49. The summed E-state index contributed by atoms with van der Waals surface area (Å²) in [6.07, 6.45) is 1.20. The molecule has 0 aliphatic carbocycles. The molecule has 3 nitrogen and oxygen atoms in total. The van der Waals surface area contributed by atoms with Gasteiger partial charge in [0.2, 0.25) is 5.91 Å². The van der Waals surface area contributed by atoms with Crippen LogP contribution in [-0.2, 0) is 4.79 Å². The van der Waals surface area contributed by atoms with E-state index in [0.717, 1.165) is 12.1 Å². The number of hydrogen-bond donors (Lipinski definition) is 2. The molecule has 0 radical (unpaired) electrons. The van der Waals surface area contributed by atoms with Gasteiger partial charge in [0.1, 0.15) is 0 Å². The molecule has 112 valence electrons. The highest BCUT2D eigenvalue weighted by atomic mass is 35.5. The maximum atomic E-state index is 11.8. The molecule has 1 unspecified atom stereocenters. The zero-order chi connectivity index (χ0) is 13.7. The Balaban J connectivity index is 0.00000200. The number of nitrogens with one attached hydrogen (secondary N) is 1. The molecule has 2 rings (SSSR count). The maximum Gasteiger partial charge on any atom is 0.224 e. The van der Waals surface area contributed by atoms with E-state index < -0.39 is 0 Å². The van der Waals surface area contributed by atoms with Gasteiger partial charge in [0, 0.05) is 29.7 Å². The minimum atomic E-state index is 0. The topological polar surface area (TPSA) is 55.1 Å². The number of rotatable bonds is 5. The van der Waals surface area contributed by atoms with Gasteiger partial charge in [0.25, 0.3) is 0 Å². The van der Waals surface area contributed by atoms with E-state index in [-0.39, 0.29) is 24.4 Å².